The second-order valence-corrected chi connectivity index (χ2v) is 7.41. The predicted molar refractivity (Wildman–Crippen MR) is 113 cm³/mol. The fourth-order valence-corrected chi connectivity index (χ4v) is 3.26. The van der Waals surface area contributed by atoms with Crippen LogP contribution in [0.3, 0.4) is 0 Å². The minimum absolute atomic E-state index is 0.0774. The first kappa shape index (κ1) is 20.3. The summed E-state index contributed by atoms with van der Waals surface area (Å²) in [5.41, 5.74) is 1.57. The first-order valence-corrected chi connectivity index (χ1v) is 9.35. The Hall–Kier alpha value is -3.41. The molecule has 4 N–H and O–H groups in total. The molecule has 0 radical (unpaired) electrons. The van der Waals surface area contributed by atoms with Gasteiger partial charge in [0.05, 0.1) is 0 Å². The van der Waals surface area contributed by atoms with Gasteiger partial charge in [-0.3, -0.25) is 4.79 Å². The highest BCUT2D eigenvalue weighted by molar-refractivity contribution is 5.99. The number of rotatable bonds is 5. The summed E-state index contributed by atoms with van der Waals surface area (Å²) in [6.07, 6.45) is 6.02. The van der Waals surface area contributed by atoms with E-state index in [0.717, 1.165) is 18.4 Å². The minimum Gasteiger partial charge on any atom is -0.507 e. The van der Waals surface area contributed by atoms with Gasteiger partial charge in [-0.15, -0.1) is 0 Å². The summed E-state index contributed by atoms with van der Waals surface area (Å²) < 4.78 is 5.50. The maximum atomic E-state index is 12.9. The van der Waals surface area contributed by atoms with Crippen molar-refractivity contribution in [2.24, 2.45) is 0 Å². The highest BCUT2D eigenvalue weighted by Crippen LogP contribution is 2.39. The smallest absolute Gasteiger partial charge is 0.208 e. The second-order valence-electron chi connectivity index (χ2n) is 7.41. The zero-order valence-electron chi connectivity index (χ0n) is 16.6. The average molecular weight is 396 g/mol. The van der Waals surface area contributed by atoms with Crippen LogP contribution < -0.4 is 5.43 Å². The van der Waals surface area contributed by atoms with E-state index in [-0.39, 0.29) is 51.2 Å². The van der Waals surface area contributed by atoms with Gasteiger partial charge >= 0.3 is 0 Å². The summed E-state index contributed by atoms with van der Waals surface area (Å²) in [5.74, 6) is -1.30. The Balaban J connectivity index is 2.10. The maximum Gasteiger partial charge on any atom is 0.208 e. The van der Waals surface area contributed by atoms with Crippen LogP contribution >= 0.6 is 0 Å². The summed E-state index contributed by atoms with van der Waals surface area (Å²) >= 11 is 0. The van der Waals surface area contributed by atoms with Crippen LogP contribution in [-0.4, -0.2) is 20.4 Å². The van der Waals surface area contributed by atoms with Crippen molar-refractivity contribution in [2.45, 2.75) is 40.0 Å². The normalized spacial score (nSPS) is 11.9. The number of hydrogen-bond acceptors (Lipinski definition) is 6. The van der Waals surface area contributed by atoms with Gasteiger partial charge in [-0.1, -0.05) is 23.3 Å². The molecule has 0 aliphatic carbocycles. The van der Waals surface area contributed by atoms with Crippen LogP contribution in [0.1, 0.15) is 39.2 Å². The zero-order valence-corrected chi connectivity index (χ0v) is 16.6. The Morgan fingerprint density at radius 2 is 1.66 bits per heavy atom. The Labute approximate surface area is 167 Å². The van der Waals surface area contributed by atoms with Gasteiger partial charge in [0.25, 0.3) is 0 Å². The highest BCUT2D eigenvalue weighted by Gasteiger charge is 2.21. The van der Waals surface area contributed by atoms with Crippen molar-refractivity contribution < 1.29 is 24.8 Å². The summed E-state index contributed by atoms with van der Waals surface area (Å²) in [5, 5.41) is 40.7. The molecule has 0 unspecified atom stereocenters. The van der Waals surface area contributed by atoms with E-state index in [2.05, 4.69) is 6.08 Å². The molecule has 0 aliphatic rings. The molecule has 0 fully saturated rings. The number of phenolic OH excluding ortho intramolecular Hbond substituents is 4. The Morgan fingerprint density at radius 1 is 0.966 bits per heavy atom. The first-order chi connectivity index (χ1) is 13.7. The second kappa shape index (κ2) is 7.91. The lowest BCUT2D eigenvalue weighted by molar-refractivity contribution is 0.441. The van der Waals surface area contributed by atoms with Crippen LogP contribution in [0.25, 0.3) is 21.9 Å². The molecule has 3 rings (SSSR count). The highest BCUT2D eigenvalue weighted by atomic mass is 16.4. The fourth-order valence-electron chi connectivity index (χ4n) is 3.26. The summed E-state index contributed by atoms with van der Waals surface area (Å²) in [4.78, 5) is 12.9. The number of phenols is 4. The van der Waals surface area contributed by atoms with Crippen LogP contribution in [0.15, 0.2) is 50.7 Å². The van der Waals surface area contributed by atoms with E-state index in [4.69, 9.17) is 4.42 Å². The zero-order chi connectivity index (χ0) is 21.3. The van der Waals surface area contributed by atoms with Crippen molar-refractivity contribution in [3.05, 3.63) is 57.3 Å². The van der Waals surface area contributed by atoms with Gasteiger partial charge in [0, 0.05) is 11.6 Å². The van der Waals surface area contributed by atoms with Gasteiger partial charge < -0.3 is 24.8 Å². The molecule has 1 aromatic heterocycles. The van der Waals surface area contributed by atoms with Crippen molar-refractivity contribution in [2.75, 3.05) is 0 Å². The molecule has 0 amide bonds. The predicted octanol–water partition coefficient (Wildman–Crippen LogP) is 5.00. The van der Waals surface area contributed by atoms with Gasteiger partial charge in [0.1, 0.15) is 33.6 Å². The van der Waals surface area contributed by atoms with Gasteiger partial charge in [-0.25, -0.2) is 0 Å². The monoisotopic (exact) mass is 396 g/mol. The Bertz CT molecular complexity index is 1210. The van der Waals surface area contributed by atoms with E-state index in [1.165, 1.54) is 23.8 Å². The van der Waals surface area contributed by atoms with E-state index < -0.39 is 11.2 Å². The third-order valence-electron chi connectivity index (χ3n) is 4.87. The van der Waals surface area contributed by atoms with Crippen molar-refractivity contribution in [3.63, 3.8) is 0 Å². The number of aromatic hydroxyl groups is 4. The third kappa shape index (κ3) is 3.92. The molecular formula is C23H24O6. The van der Waals surface area contributed by atoms with E-state index >= 15 is 0 Å². The maximum absolute atomic E-state index is 12.9. The summed E-state index contributed by atoms with van der Waals surface area (Å²) in [6, 6.07) is 3.61. The van der Waals surface area contributed by atoms with E-state index in [1.54, 1.807) is 0 Å². The first-order valence-electron chi connectivity index (χ1n) is 9.35. The lowest BCUT2D eigenvalue weighted by atomic mass is 10.0. The van der Waals surface area contributed by atoms with E-state index in [9.17, 15) is 25.2 Å². The lowest BCUT2D eigenvalue weighted by Crippen LogP contribution is -2.04. The van der Waals surface area contributed by atoms with Gasteiger partial charge in [0.15, 0.2) is 11.3 Å². The van der Waals surface area contributed by atoms with Crippen molar-refractivity contribution >= 4 is 21.9 Å². The lowest BCUT2D eigenvalue weighted by Gasteiger charge is -2.11. The number of fused-ring (bicyclic) bond motifs is 2. The Kier molecular flexibility index (Phi) is 5.55. The number of hydrogen-bond donors (Lipinski definition) is 4. The van der Waals surface area contributed by atoms with E-state index in [1.807, 2.05) is 26.8 Å². The number of benzene rings is 2. The molecule has 0 aliphatic heterocycles. The molecule has 0 bridgehead atoms. The summed E-state index contributed by atoms with van der Waals surface area (Å²) in [7, 11) is 0. The summed E-state index contributed by atoms with van der Waals surface area (Å²) in [6.45, 7) is 6.05. The van der Waals surface area contributed by atoms with Crippen molar-refractivity contribution in [3.8, 4) is 23.0 Å². The topological polar surface area (TPSA) is 111 Å². The van der Waals surface area contributed by atoms with E-state index in [0.29, 0.717) is 0 Å². The van der Waals surface area contributed by atoms with Crippen LogP contribution in [0.4, 0.5) is 0 Å². The molecule has 0 saturated carbocycles. The molecule has 1 heterocycles. The largest absolute Gasteiger partial charge is 0.507 e. The Morgan fingerprint density at radius 3 is 2.34 bits per heavy atom. The number of allylic oxidation sites excluding steroid dienone is 4. The van der Waals surface area contributed by atoms with Crippen LogP contribution in [0.5, 0.6) is 23.0 Å². The molecule has 3 aromatic rings. The van der Waals surface area contributed by atoms with Gasteiger partial charge in [0.2, 0.25) is 5.43 Å². The molecule has 6 nitrogen and oxygen atoms in total. The van der Waals surface area contributed by atoms with Crippen molar-refractivity contribution in [1.82, 2.24) is 0 Å². The molecular weight excluding hydrogens is 372 g/mol. The third-order valence-corrected chi connectivity index (χ3v) is 4.87. The fraction of sp³-hybridized carbons (Fsp3) is 0.261. The quantitative estimate of drug-likeness (QED) is 0.274. The van der Waals surface area contributed by atoms with Crippen LogP contribution in [0, 0.1) is 0 Å². The molecule has 2 aromatic carbocycles. The molecule has 0 spiro atoms. The van der Waals surface area contributed by atoms with Crippen molar-refractivity contribution in [1.29, 1.82) is 0 Å². The van der Waals surface area contributed by atoms with Gasteiger partial charge in [-0.05, 0) is 52.2 Å². The molecule has 0 atom stereocenters. The van der Waals surface area contributed by atoms with Crippen LogP contribution in [0.2, 0.25) is 0 Å². The van der Waals surface area contributed by atoms with Crippen LogP contribution in [-0.2, 0) is 6.42 Å². The molecule has 152 valence electrons. The minimum atomic E-state index is -0.683. The molecule has 29 heavy (non-hydrogen) atoms. The SMILES string of the molecule is CC(C)=CCC/C(C)=C/Cc1c(O)cc2oc3c(O)ccc(O)c3c(=O)c2c1O. The molecule has 6 heteroatoms. The standard InChI is InChI=1S/C23H24O6/c1-12(2)5-4-6-13(3)7-8-14-17(26)11-18-20(21(14)27)22(28)19-15(24)9-10-16(25)23(19)29-18/h5,7,9-11,24-27H,4,6,8H2,1-3H3/b13-7+. The van der Waals surface area contributed by atoms with Gasteiger partial charge in [-0.2, -0.15) is 0 Å². The average Bonchev–Trinajstić information content (AvgIpc) is 2.63. The molecule has 0 saturated heterocycles.